The van der Waals surface area contributed by atoms with Gasteiger partial charge in [0.1, 0.15) is 5.69 Å². The first-order valence-corrected chi connectivity index (χ1v) is 2.97. The van der Waals surface area contributed by atoms with Crippen LogP contribution in [0.3, 0.4) is 0 Å². The molecule has 3 N–H and O–H groups in total. The zero-order valence-corrected chi connectivity index (χ0v) is 7.41. The zero-order chi connectivity index (χ0) is 6.32. The third-order valence-electron chi connectivity index (χ3n) is 1.72. The van der Waals surface area contributed by atoms with Gasteiger partial charge in [0.15, 0.2) is 0 Å². The third kappa shape index (κ3) is 1.83. The van der Waals surface area contributed by atoms with Crippen molar-refractivity contribution in [2.45, 2.75) is 18.4 Å². The highest BCUT2D eigenvalue weighted by Crippen LogP contribution is 2.40. The van der Waals surface area contributed by atoms with Gasteiger partial charge >= 0.3 is 0 Å². The smallest absolute Gasteiger partial charge is 0.102 e. The second-order valence-corrected chi connectivity index (χ2v) is 2.51. The molecule has 0 amide bonds. The number of halogens is 2. The van der Waals surface area contributed by atoms with E-state index in [0.717, 1.165) is 18.5 Å². The van der Waals surface area contributed by atoms with Crippen LogP contribution in [0.5, 0.6) is 0 Å². The summed E-state index contributed by atoms with van der Waals surface area (Å²) in [6.45, 7) is 0. The fourth-order valence-electron chi connectivity index (χ4n) is 0.836. The molecule has 0 saturated heterocycles. The van der Waals surface area contributed by atoms with Crippen molar-refractivity contribution < 1.29 is 0 Å². The minimum absolute atomic E-state index is 0. The number of nitrogens with zero attached hydrogens (tertiary/aromatic N) is 2. The van der Waals surface area contributed by atoms with E-state index in [9.17, 15) is 0 Å². The zero-order valence-electron chi connectivity index (χ0n) is 5.78. The van der Waals surface area contributed by atoms with Gasteiger partial charge in [-0.2, -0.15) is 0 Å². The van der Waals surface area contributed by atoms with E-state index in [1.165, 1.54) is 0 Å². The third-order valence-corrected chi connectivity index (χ3v) is 1.72. The standard InChI is InChI=1S/C5H8N4.2ClH/c6-5(1-2-5)4-3-7-9-8-4;;/h3H,1-2,6H2,(H,7,8,9);2*1H. The van der Waals surface area contributed by atoms with Crippen molar-refractivity contribution in [3.05, 3.63) is 11.9 Å². The maximum absolute atomic E-state index is 5.79. The van der Waals surface area contributed by atoms with Gasteiger partial charge in [-0.15, -0.1) is 29.9 Å². The molecule has 0 atom stereocenters. The number of hydrogen-bond acceptors (Lipinski definition) is 3. The summed E-state index contributed by atoms with van der Waals surface area (Å²) in [6, 6.07) is 0. The molecule has 1 heterocycles. The molecule has 1 aromatic heterocycles. The number of H-pyrrole nitrogens is 1. The number of rotatable bonds is 1. The van der Waals surface area contributed by atoms with Crippen LogP contribution < -0.4 is 5.73 Å². The van der Waals surface area contributed by atoms with Crippen molar-refractivity contribution in [3.8, 4) is 0 Å². The van der Waals surface area contributed by atoms with Gasteiger partial charge in [-0.25, -0.2) is 0 Å². The van der Waals surface area contributed by atoms with Crippen molar-refractivity contribution in [1.29, 1.82) is 0 Å². The molecular formula is C5H10Cl2N4. The Bertz CT molecular complexity index is 206. The Kier molecular flexibility index (Phi) is 3.29. The summed E-state index contributed by atoms with van der Waals surface area (Å²) in [5, 5.41) is 10.0. The summed E-state index contributed by atoms with van der Waals surface area (Å²) in [5.74, 6) is 0. The van der Waals surface area contributed by atoms with E-state index in [-0.39, 0.29) is 30.4 Å². The molecule has 0 aliphatic heterocycles. The van der Waals surface area contributed by atoms with Gasteiger partial charge in [-0.3, -0.25) is 5.10 Å². The highest BCUT2D eigenvalue weighted by molar-refractivity contribution is 5.85. The molecule has 0 spiro atoms. The highest BCUT2D eigenvalue weighted by atomic mass is 35.5. The minimum Gasteiger partial charge on any atom is -0.320 e. The number of aromatic amines is 1. The first-order valence-electron chi connectivity index (χ1n) is 2.97. The topological polar surface area (TPSA) is 67.6 Å². The monoisotopic (exact) mass is 196 g/mol. The first kappa shape index (κ1) is 10.7. The molecule has 1 aliphatic carbocycles. The predicted molar refractivity (Wildman–Crippen MR) is 46.0 cm³/mol. The molecule has 6 heteroatoms. The van der Waals surface area contributed by atoms with Crippen LogP contribution in [0, 0.1) is 0 Å². The quantitative estimate of drug-likeness (QED) is 0.692. The molecule has 11 heavy (non-hydrogen) atoms. The molecule has 0 unspecified atom stereocenters. The second kappa shape index (κ2) is 3.38. The average molecular weight is 197 g/mol. The summed E-state index contributed by atoms with van der Waals surface area (Å²) >= 11 is 0. The van der Waals surface area contributed by atoms with E-state index in [0.29, 0.717) is 0 Å². The van der Waals surface area contributed by atoms with Gasteiger partial charge in [0.2, 0.25) is 0 Å². The average Bonchev–Trinajstić information content (AvgIpc) is 2.46. The lowest BCUT2D eigenvalue weighted by Crippen LogP contribution is -2.18. The van der Waals surface area contributed by atoms with Crippen molar-refractivity contribution in [2.24, 2.45) is 5.73 Å². The van der Waals surface area contributed by atoms with Crippen LogP contribution in [0.25, 0.3) is 0 Å². The molecule has 1 saturated carbocycles. The van der Waals surface area contributed by atoms with Gasteiger partial charge in [-0.1, -0.05) is 5.21 Å². The molecule has 0 radical (unpaired) electrons. The molecule has 64 valence electrons. The van der Waals surface area contributed by atoms with Crippen molar-refractivity contribution in [2.75, 3.05) is 0 Å². The lowest BCUT2D eigenvalue weighted by atomic mass is 10.2. The Hall–Kier alpha value is -0.320. The molecule has 1 fully saturated rings. The van der Waals surface area contributed by atoms with Crippen LogP contribution in [0.2, 0.25) is 0 Å². The lowest BCUT2D eigenvalue weighted by Gasteiger charge is -1.98. The minimum atomic E-state index is -0.132. The Morgan fingerprint density at radius 3 is 2.45 bits per heavy atom. The fourth-order valence-corrected chi connectivity index (χ4v) is 0.836. The van der Waals surface area contributed by atoms with Gasteiger partial charge in [0.05, 0.1) is 5.54 Å². The van der Waals surface area contributed by atoms with Gasteiger partial charge in [0.25, 0.3) is 0 Å². The van der Waals surface area contributed by atoms with E-state index < -0.39 is 0 Å². The van der Waals surface area contributed by atoms with Crippen molar-refractivity contribution >= 4 is 24.8 Å². The fraction of sp³-hybridized carbons (Fsp3) is 0.600. The number of nitrogens with two attached hydrogens (primary N) is 1. The Balaban J connectivity index is 0.000000500. The summed E-state index contributed by atoms with van der Waals surface area (Å²) in [4.78, 5) is 0. The van der Waals surface area contributed by atoms with Crippen LogP contribution in [0.4, 0.5) is 0 Å². The van der Waals surface area contributed by atoms with E-state index in [1.807, 2.05) is 0 Å². The Morgan fingerprint density at radius 2 is 2.09 bits per heavy atom. The normalized spacial score (nSPS) is 17.9. The van der Waals surface area contributed by atoms with Crippen LogP contribution in [0.1, 0.15) is 18.5 Å². The maximum Gasteiger partial charge on any atom is 0.102 e. The van der Waals surface area contributed by atoms with E-state index in [4.69, 9.17) is 5.73 Å². The van der Waals surface area contributed by atoms with E-state index in [1.54, 1.807) is 6.20 Å². The van der Waals surface area contributed by atoms with E-state index >= 15 is 0 Å². The van der Waals surface area contributed by atoms with Crippen LogP contribution in [-0.4, -0.2) is 15.4 Å². The number of aromatic nitrogens is 3. The molecule has 1 aliphatic rings. The summed E-state index contributed by atoms with van der Waals surface area (Å²) in [5.41, 5.74) is 6.55. The van der Waals surface area contributed by atoms with Gasteiger partial charge in [-0.05, 0) is 12.8 Å². The summed E-state index contributed by atoms with van der Waals surface area (Å²) in [6.07, 6.45) is 3.84. The maximum atomic E-state index is 5.79. The van der Waals surface area contributed by atoms with Gasteiger partial charge < -0.3 is 5.73 Å². The number of nitrogens with one attached hydrogen (secondary N) is 1. The first-order chi connectivity index (χ1) is 4.31. The van der Waals surface area contributed by atoms with Gasteiger partial charge in [0, 0.05) is 6.20 Å². The summed E-state index contributed by atoms with van der Waals surface area (Å²) < 4.78 is 0. The van der Waals surface area contributed by atoms with Crippen LogP contribution in [0.15, 0.2) is 6.20 Å². The number of hydrogen-bond donors (Lipinski definition) is 2. The van der Waals surface area contributed by atoms with Crippen LogP contribution in [-0.2, 0) is 5.54 Å². The second-order valence-electron chi connectivity index (χ2n) is 2.51. The van der Waals surface area contributed by atoms with E-state index in [2.05, 4.69) is 15.4 Å². The molecular weight excluding hydrogens is 187 g/mol. The van der Waals surface area contributed by atoms with Crippen molar-refractivity contribution in [3.63, 3.8) is 0 Å². The SMILES string of the molecule is Cl.Cl.NC1(c2c[nH]nn2)CC1. The molecule has 0 bridgehead atoms. The predicted octanol–water partition coefficient (Wildman–Crippen LogP) is 0.596. The molecule has 0 aromatic carbocycles. The lowest BCUT2D eigenvalue weighted by molar-refractivity contribution is 0.701. The highest BCUT2D eigenvalue weighted by Gasteiger charge is 2.42. The molecule has 4 nitrogen and oxygen atoms in total. The molecule has 1 aromatic rings. The Morgan fingerprint density at radius 1 is 1.45 bits per heavy atom. The largest absolute Gasteiger partial charge is 0.320 e. The Labute approximate surface area is 76.8 Å². The van der Waals surface area contributed by atoms with Crippen LogP contribution >= 0.6 is 24.8 Å². The van der Waals surface area contributed by atoms with Crippen molar-refractivity contribution in [1.82, 2.24) is 15.4 Å². The molecule has 2 rings (SSSR count). The summed E-state index contributed by atoms with van der Waals surface area (Å²) in [7, 11) is 0.